The molecule has 2 nitrogen and oxygen atoms in total. The molecule has 0 spiro atoms. The van der Waals surface area contributed by atoms with Crippen molar-refractivity contribution < 1.29 is 0 Å². The van der Waals surface area contributed by atoms with Crippen LogP contribution in [-0.4, -0.2) is 4.98 Å². The molecule has 1 unspecified atom stereocenters. The van der Waals surface area contributed by atoms with Gasteiger partial charge in [0.25, 0.3) is 0 Å². The van der Waals surface area contributed by atoms with Crippen molar-refractivity contribution in [2.75, 3.05) is 0 Å². The number of hydrogen-bond acceptors (Lipinski definition) is 3. The number of hydrogen-bond donors (Lipinski definition) is 1. The van der Waals surface area contributed by atoms with E-state index in [0.29, 0.717) is 0 Å². The normalized spacial score (nSPS) is 18.7. The monoisotopic (exact) mass is 258 g/mol. The summed E-state index contributed by atoms with van der Waals surface area (Å²) in [6, 6.07) is 6.71. The lowest BCUT2D eigenvalue weighted by Gasteiger charge is -2.15. The molecule has 0 radical (unpaired) electrons. The number of aryl methyl sites for hydroxylation is 3. The Hall–Kier alpha value is -1.19. The van der Waals surface area contributed by atoms with Gasteiger partial charge in [-0.1, -0.05) is 12.1 Å². The highest BCUT2D eigenvalue weighted by molar-refractivity contribution is 7.15. The Morgan fingerprint density at radius 3 is 2.83 bits per heavy atom. The molecule has 1 aromatic carbocycles. The third kappa shape index (κ3) is 1.98. The Labute approximate surface area is 112 Å². The van der Waals surface area contributed by atoms with E-state index >= 15 is 0 Å². The second-order valence-electron chi connectivity index (χ2n) is 5.13. The van der Waals surface area contributed by atoms with E-state index in [9.17, 15) is 0 Å². The van der Waals surface area contributed by atoms with Gasteiger partial charge < -0.3 is 5.73 Å². The molecule has 1 heterocycles. The third-order valence-corrected chi connectivity index (χ3v) is 4.93. The molecular weight excluding hydrogens is 240 g/mol. The van der Waals surface area contributed by atoms with Crippen LogP contribution in [0.25, 0.3) is 10.6 Å². The summed E-state index contributed by atoms with van der Waals surface area (Å²) in [6.07, 6.45) is 3.41. The van der Waals surface area contributed by atoms with Crippen LogP contribution in [0.3, 0.4) is 0 Å². The molecule has 2 aromatic rings. The molecular formula is C15H18N2S. The first-order chi connectivity index (χ1) is 8.65. The maximum absolute atomic E-state index is 6.14. The van der Waals surface area contributed by atoms with Crippen LogP contribution in [0.1, 0.15) is 40.6 Å². The standard InChI is InChI=1S/C15H18N2S/c1-9-6-7-11(8-10(9)2)15-17-14-12(16)4-3-5-13(14)18-15/h6-8,12H,3-5,16H2,1-2H3. The van der Waals surface area contributed by atoms with E-state index in [0.717, 1.165) is 23.5 Å². The van der Waals surface area contributed by atoms with Gasteiger partial charge in [-0.3, -0.25) is 0 Å². The summed E-state index contributed by atoms with van der Waals surface area (Å²) in [5.74, 6) is 0. The van der Waals surface area contributed by atoms with Crippen molar-refractivity contribution in [3.05, 3.63) is 39.9 Å². The van der Waals surface area contributed by atoms with Gasteiger partial charge >= 0.3 is 0 Å². The molecule has 0 fully saturated rings. The minimum absolute atomic E-state index is 0.144. The van der Waals surface area contributed by atoms with Gasteiger partial charge in [0.1, 0.15) is 5.01 Å². The first-order valence-corrected chi connectivity index (χ1v) is 7.29. The summed E-state index contributed by atoms with van der Waals surface area (Å²) in [4.78, 5) is 6.16. The van der Waals surface area contributed by atoms with Crippen molar-refractivity contribution in [3.63, 3.8) is 0 Å². The largest absolute Gasteiger partial charge is 0.323 e. The molecule has 0 amide bonds. The van der Waals surface area contributed by atoms with E-state index < -0.39 is 0 Å². The van der Waals surface area contributed by atoms with Gasteiger partial charge in [-0.25, -0.2) is 4.98 Å². The van der Waals surface area contributed by atoms with E-state index in [-0.39, 0.29) is 6.04 Å². The fourth-order valence-electron chi connectivity index (χ4n) is 2.45. The SMILES string of the molecule is Cc1ccc(-c2nc3c(s2)CCCC3N)cc1C. The molecule has 0 aliphatic heterocycles. The third-order valence-electron chi connectivity index (χ3n) is 3.75. The lowest BCUT2D eigenvalue weighted by Crippen LogP contribution is -2.16. The average molecular weight is 258 g/mol. The van der Waals surface area contributed by atoms with Crippen LogP contribution in [0.5, 0.6) is 0 Å². The summed E-state index contributed by atoms with van der Waals surface area (Å²) in [5.41, 5.74) is 11.2. The molecule has 0 bridgehead atoms. The van der Waals surface area contributed by atoms with Gasteiger partial charge in [0.15, 0.2) is 0 Å². The van der Waals surface area contributed by atoms with Crippen LogP contribution in [0.4, 0.5) is 0 Å². The number of nitrogens with two attached hydrogens (primary N) is 1. The Morgan fingerprint density at radius 2 is 2.11 bits per heavy atom. The molecule has 18 heavy (non-hydrogen) atoms. The van der Waals surface area contributed by atoms with Gasteiger partial charge in [0.2, 0.25) is 0 Å². The highest BCUT2D eigenvalue weighted by Gasteiger charge is 2.22. The maximum Gasteiger partial charge on any atom is 0.123 e. The minimum Gasteiger partial charge on any atom is -0.323 e. The van der Waals surface area contributed by atoms with Crippen molar-refractivity contribution in [1.82, 2.24) is 4.98 Å². The van der Waals surface area contributed by atoms with E-state index in [1.165, 1.54) is 28.0 Å². The number of thiazole rings is 1. The van der Waals surface area contributed by atoms with Crippen molar-refractivity contribution in [2.24, 2.45) is 5.73 Å². The van der Waals surface area contributed by atoms with Gasteiger partial charge in [0.05, 0.1) is 5.69 Å². The molecule has 0 saturated carbocycles. The smallest absolute Gasteiger partial charge is 0.123 e. The Balaban J connectivity index is 2.04. The van der Waals surface area contributed by atoms with Crippen LogP contribution in [0.2, 0.25) is 0 Å². The van der Waals surface area contributed by atoms with Crippen LogP contribution in [0, 0.1) is 13.8 Å². The van der Waals surface area contributed by atoms with Crippen LogP contribution in [-0.2, 0) is 6.42 Å². The predicted molar refractivity (Wildman–Crippen MR) is 76.9 cm³/mol. The molecule has 0 saturated heterocycles. The number of nitrogens with zero attached hydrogens (tertiary/aromatic N) is 1. The van der Waals surface area contributed by atoms with Gasteiger partial charge in [-0.2, -0.15) is 0 Å². The molecule has 2 N–H and O–H groups in total. The summed E-state index contributed by atoms with van der Waals surface area (Å²) in [5, 5.41) is 1.13. The van der Waals surface area contributed by atoms with Crippen molar-refractivity contribution in [2.45, 2.75) is 39.2 Å². The number of rotatable bonds is 1. The zero-order chi connectivity index (χ0) is 12.7. The molecule has 3 heteroatoms. The zero-order valence-corrected chi connectivity index (χ0v) is 11.7. The molecule has 1 aromatic heterocycles. The van der Waals surface area contributed by atoms with Crippen LogP contribution < -0.4 is 5.73 Å². The highest BCUT2D eigenvalue weighted by Crippen LogP contribution is 2.36. The fraction of sp³-hybridized carbons (Fsp3) is 0.400. The van der Waals surface area contributed by atoms with Gasteiger partial charge in [-0.15, -0.1) is 11.3 Å². The molecule has 1 atom stereocenters. The second-order valence-corrected chi connectivity index (χ2v) is 6.21. The van der Waals surface area contributed by atoms with Crippen LogP contribution >= 0.6 is 11.3 Å². The van der Waals surface area contributed by atoms with E-state index in [1.807, 2.05) is 11.3 Å². The predicted octanol–water partition coefficient (Wildman–Crippen LogP) is 3.76. The topological polar surface area (TPSA) is 38.9 Å². The van der Waals surface area contributed by atoms with Gasteiger partial charge in [0, 0.05) is 16.5 Å². The summed E-state index contributed by atoms with van der Waals surface area (Å²) < 4.78 is 0. The summed E-state index contributed by atoms with van der Waals surface area (Å²) >= 11 is 1.82. The zero-order valence-electron chi connectivity index (χ0n) is 10.9. The minimum atomic E-state index is 0.144. The molecule has 1 aliphatic rings. The number of benzene rings is 1. The van der Waals surface area contributed by atoms with E-state index in [2.05, 4.69) is 32.0 Å². The number of aromatic nitrogens is 1. The molecule has 94 valence electrons. The summed E-state index contributed by atoms with van der Waals surface area (Å²) in [7, 11) is 0. The second kappa shape index (κ2) is 4.48. The van der Waals surface area contributed by atoms with E-state index in [1.54, 1.807) is 0 Å². The van der Waals surface area contributed by atoms with Crippen molar-refractivity contribution >= 4 is 11.3 Å². The van der Waals surface area contributed by atoms with Crippen molar-refractivity contribution in [1.29, 1.82) is 0 Å². The Kier molecular flexibility index (Phi) is 2.96. The molecule has 1 aliphatic carbocycles. The average Bonchev–Trinajstić information content (AvgIpc) is 2.78. The first-order valence-electron chi connectivity index (χ1n) is 6.48. The van der Waals surface area contributed by atoms with Crippen LogP contribution in [0.15, 0.2) is 18.2 Å². The lowest BCUT2D eigenvalue weighted by atomic mass is 9.98. The van der Waals surface area contributed by atoms with Gasteiger partial charge in [-0.05, 0) is 50.3 Å². The highest BCUT2D eigenvalue weighted by atomic mass is 32.1. The van der Waals surface area contributed by atoms with Crippen molar-refractivity contribution in [3.8, 4) is 10.6 Å². The lowest BCUT2D eigenvalue weighted by molar-refractivity contribution is 0.564. The Morgan fingerprint density at radius 1 is 1.28 bits per heavy atom. The maximum atomic E-state index is 6.14. The van der Waals surface area contributed by atoms with E-state index in [4.69, 9.17) is 10.7 Å². The Bertz CT molecular complexity index is 586. The molecule has 3 rings (SSSR count). The summed E-state index contributed by atoms with van der Waals surface area (Å²) in [6.45, 7) is 4.29. The first kappa shape index (κ1) is 11.9. The number of fused-ring (bicyclic) bond motifs is 1. The fourth-order valence-corrected chi connectivity index (χ4v) is 3.62. The quantitative estimate of drug-likeness (QED) is 0.845.